The summed E-state index contributed by atoms with van der Waals surface area (Å²) >= 11 is 6.66. The predicted molar refractivity (Wildman–Crippen MR) is 77.1 cm³/mol. The van der Waals surface area contributed by atoms with Gasteiger partial charge in [-0.2, -0.15) is 0 Å². The highest BCUT2D eigenvalue weighted by Gasteiger charge is 2.39. The molecule has 0 bridgehead atoms. The number of carbonyl (C=O) groups is 1. The van der Waals surface area contributed by atoms with Crippen LogP contribution in [0, 0.1) is 10.1 Å². The molecule has 0 N–H and O–H groups in total. The van der Waals surface area contributed by atoms with Crippen molar-refractivity contribution in [1.29, 1.82) is 0 Å². The monoisotopic (exact) mass is 335 g/mol. The van der Waals surface area contributed by atoms with Crippen LogP contribution in [0.2, 0.25) is 0 Å². The van der Waals surface area contributed by atoms with Crippen molar-refractivity contribution < 1.29 is 18.1 Å². The SMILES string of the molecule is O=C(S[C@H]1CS(=O)(=O)C[C@H]1Cl)c1ccccc1[N+](=O)[O-]. The van der Waals surface area contributed by atoms with Crippen LogP contribution >= 0.6 is 23.4 Å². The Morgan fingerprint density at radius 3 is 2.55 bits per heavy atom. The number of para-hydroxylation sites is 1. The number of alkyl halides is 1. The maximum atomic E-state index is 12.1. The fraction of sp³-hybridized carbons (Fsp3) is 0.364. The van der Waals surface area contributed by atoms with Gasteiger partial charge < -0.3 is 0 Å². The van der Waals surface area contributed by atoms with Crippen molar-refractivity contribution in [3.63, 3.8) is 0 Å². The van der Waals surface area contributed by atoms with Gasteiger partial charge in [-0.25, -0.2) is 8.42 Å². The summed E-state index contributed by atoms with van der Waals surface area (Å²) < 4.78 is 22.9. The average molecular weight is 336 g/mol. The van der Waals surface area contributed by atoms with Gasteiger partial charge >= 0.3 is 0 Å². The van der Waals surface area contributed by atoms with E-state index in [1.54, 1.807) is 0 Å². The number of hydrogen-bond acceptors (Lipinski definition) is 6. The molecule has 0 aromatic heterocycles. The van der Waals surface area contributed by atoms with E-state index in [0.29, 0.717) is 0 Å². The fourth-order valence-electron chi connectivity index (χ4n) is 1.89. The Bertz CT molecular complexity index is 661. The molecule has 1 aliphatic rings. The van der Waals surface area contributed by atoms with Crippen LogP contribution in [0.25, 0.3) is 0 Å². The fourth-order valence-corrected chi connectivity index (χ4v) is 6.23. The quantitative estimate of drug-likeness (QED) is 0.475. The molecule has 0 radical (unpaired) electrons. The van der Waals surface area contributed by atoms with Crippen molar-refractivity contribution in [3.05, 3.63) is 39.9 Å². The van der Waals surface area contributed by atoms with Crippen molar-refractivity contribution in [3.8, 4) is 0 Å². The van der Waals surface area contributed by atoms with E-state index in [2.05, 4.69) is 0 Å². The molecule has 2 atom stereocenters. The first-order chi connectivity index (χ1) is 9.30. The number of thioether (sulfide) groups is 1. The second kappa shape index (κ2) is 5.71. The van der Waals surface area contributed by atoms with Crippen LogP contribution in [-0.2, 0) is 9.84 Å². The summed E-state index contributed by atoms with van der Waals surface area (Å²) in [5, 5.41) is 9.09. The Morgan fingerprint density at radius 1 is 1.35 bits per heavy atom. The topological polar surface area (TPSA) is 94.3 Å². The lowest BCUT2D eigenvalue weighted by Gasteiger charge is -2.10. The molecule has 20 heavy (non-hydrogen) atoms. The Hall–Kier alpha value is -1.12. The van der Waals surface area contributed by atoms with Crippen LogP contribution in [0.1, 0.15) is 10.4 Å². The van der Waals surface area contributed by atoms with Crippen LogP contribution in [0.4, 0.5) is 5.69 Å². The molecule has 1 aromatic carbocycles. The molecule has 9 heteroatoms. The zero-order valence-electron chi connectivity index (χ0n) is 10.1. The van der Waals surface area contributed by atoms with Gasteiger partial charge in [0.05, 0.1) is 21.8 Å². The number of nitrogens with zero attached hydrogens (tertiary/aromatic N) is 1. The molecule has 1 saturated heterocycles. The molecule has 2 rings (SSSR count). The molecule has 0 unspecified atom stereocenters. The van der Waals surface area contributed by atoms with Gasteiger partial charge in [0.15, 0.2) is 9.84 Å². The van der Waals surface area contributed by atoms with Gasteiger partial charge in [-0.3, -0.25) is 14.9 Å². The van der Waals surface area contributed by atoms with Crippen LogP contribution in [0.5, 0.6) is 0 Å². The summed E-state index contributed by atoms with van der Waals surface area (Å²) in [5.41, 5.74) is -0.340. The molecule has 1 aliphatic heterocycles. The molecule has 0 amide bonds. The van der Waals surface area contributed by atoms with E-state index in [4.69, 9.17) is 11.6 Å². The summed E-state index contributed by atoms with van der Waals surface area (Å²) in [6.07, 6.45) is 0. The highest BCUT2D eigenvalue weighted by molar-refractivity contribution is 8.15. The second-order valence-electron chi connectivity index (χ2n) is 4.31. The minimum atomic E-state index is -3.24. The van der Waals surface area contributed by atoms with E-state index in [1.165, 1.54) is 24.3 Å². The molecule has 6 nitrogen and oxygen atoms in total. The van der Waals surface area contributed by atoms with Gasteiger partial charge in [0.25, 0.3) is 5.69 Å². The van der Waals surface area contributed by atoms with Gasteiger partial charge in [0, 0.05) is 11.3 Å². The van der Waals surface area contributed by atoms with E-state index < -0.39 is 30.5 Å². The minimum Gasteiger partial charge on any atom is -0.281 e. The van der Waals surface area contributed by atoms with Crippen molar-refractivity contribution in [2.45, 2.75) is 10.6 Å². The van der Waals surface area contributed by atoms with Crippen LogP contribution in [0.3, 0.4) is 0 Å². The zero-order valence-corrected chi connectivity index (χ0v) is 12.5. The molecule has 108 valence electrons. The average Bonchev–Trinajstić information content (AvgIpc) is 2.62. The predicted octanol–water partition coefficient (Wildman–Crippen LogP) is 1.87. The number of nitro groups is 1. The Kier molecular flexibility index (Phi) is 4.36. The maximum Gasteiger partial charge on any atom is 0.281 e. The Labute approximate surface area is 124 Å². The number of hydrogen-bond donors (Lipinski definition) is 0. The zero-order chi connectivity index (χ0) is 14.9. The minimum absolute atomic E-state index is 0.0457. The van der Waals surface area contributed by atoms with E-state index >= 15 is 0 Å². The third-order valence-corrected chi connectivity index (χ3v) is 6.78. The van der Waals surface area contributed by atoms with E-state index in [1.807, 2.05) is 0 Å². The first-order valence-corrected chi connectivity index (χ1v) is 8.73. The van der Waals surface area contributed by atoms with Gasteiger partial charge in [0.2, 0.25) is 5.12 Å². The molecule has 1 aromatic rings. The third kappa shape index (κ3) is 3.31. The third-order valence-electron chi connectivity index (χ3n) is 2.81. The number of sulfone groups is 1. The molecular formula is C11H10ClNO5S2. The highest BCUT2D eigenvalue weighted by Crippen LogP contribution is 2.32. The van der Waals surface area contributed by atoms with Crippen molar-refractivity contribution in [1.82, 2.24) is 0 Å². The first kappa shape index (κ1) is 15.3. The number of halogens is 1. The van der Waals surface area contributed by atoms with E-state index in [9.17, 15) is 23.3 Å². The van der Waals surface area contributed by atoms with Crippen LogP contribution in [0.15, 0.2) is 24.3 Å². The molecular weight excluding hydrogens is 326 g/mol. The first-order valence-electron chi connectivity index (χ1n) is 5.59. The van der Waals surface area contributed by atoms with Crippen molar-refractivity contribution >= 4 is 44.0 Å². The summed E-state index contributed by atoms with van der Waals surface area (Å²) in [4.78, 5) is 22.3. The lowest BCUT2D eigenvalue weighted by molar-refractivity contribution is -0.385. The molecule has 1 heterocycles. The lowest BCUT2D eigenvalue weighted by Crippen LogP contribution is -2.17. The summed E-state index contributed by atoms with van der Waals surface area (Å²) in [7, 11) is -3.24. The number of benzene rings is 1. The van der Waals surface area contributed by atoms with Gasteiger partial charge in [-0.05, 0) is 6.07 Å². The van der Waals surface area contributed by atoms with Crippen LogP contribution < -0.4 is 0 Å². The number of carbonyl (C=O) groups excluding carboxylic acids is 1. The summed E-state index contributed by atoms with van der Waals surface area (Å²) in [6.45, 7) is 0. The van der Waals surface area contributed by atoms with Crippen LogP contribution in [-0.4, -0.2) is 40.6 Å². The van der Waals surface area contributed by atoms with Gasteiger partial charge in [-0.15, -0.1) is 11.6 Å². The number of nitro benzene ring substituents is 1. The van der Waals surface area contributed by atoms with E-state index in [0.717, 1.165) is 11.8 Å². The number of rotatable bonds is 3. The summed E-state index contributed by atoms with van der Waals surface area (Å²) in [5.74, 6) is -0.353. The maximum absolute atomic E-state index is 12.1. The molecule has 0 aliphatic carbocycles. The smallest absolute Gasteiger partial charge is 0.281 e. The Balaban J connectivity index is 2.20. The molecule has 1 fully saturated rings. The standard InChI is InChI=1S/C11H10ClNO5S2/c12-8-5-20(17,18)6-10(8)19-11(14)7-3-1-2-4-9(7)13(15)16/h1-4,8,10H,5-6H2/t8-,10+/m1/s1. The second-order valence-corrected chi connectivity index (χ2v) is 8.24. The molecule has 0 spiro atoms. The highest BCUT2D eigenvalue weighted by atomic mass is 35.5. The lowest BCUT2D eigenvalue weighted by atomic mass is 10.2. The normalized spacial score (nSPS) is 24.4. The van der Waals surface area contributed by atoms with Crippen molar-refractivity contribution in [2.75, 3.05) is 11.5 Å². The van der Waals surface area contributed by atoms with E-state index in [-0.39, 0.29) is 22.8 Å². The van der Waals surface area contributed by atoms with Gasteiger partial charge in [-0.1, -0.05) is 23.9 Å². The Morgan fingerprint density at radius 2 is 2.00 bits per heavy atom. The van der Waals surface area contributed by atoms with Gasteiger partial charge in [0.1, 0.15) is 5.56 Å². The molecule has 0 saturated carbocycles. The van der Waals surface area contributed by atoms with Crippen molar-refractivity contribution in [2.24, 2.45) is 0 Å². The largest absolute Gasteiger partial charge is 0.281 e. The summed E-state index contributed by atoms with van der Waals surface area (Å²) in [6, 6.07) is 5.56.